The number of methoxy groups -OCH3 is 1. The fourth-order valence-corrected chi connectivity index (χ4v) is 4.17. The van der Waals surface area contributed by atoms with Crippen LogP contribution in [0.25, 0.3) is 0 Å². The maximum Gasteiger partial charge on any atom is 0.343 e. The van der Waals surface area contributed by atoms with E-state index in [1.54, 1.807) is 49.6 Å². The highest BCUT2D eigenvalue weighted by Crippen LogP contribution is 2.46. The molecule has 0 saturated heterocycles. The first kappa shape index (κ1) is 23.2. The molecule has 0 fully saturated rings. The lowest BCUT2D eigenvalue weighted by Gasteiger charge is -2.27. The Balaban J connectivity index is 1.70. The highest BCUT2D eigenvalue weighted by molar-refractivity contribution is 9.10. The van der Waals surface area contributed by atoms with Gasteiger partial charge >= 0.3 is 5.97 Å². The summed E-state index contributed by atoms with van der Waals surface area (Å²) in [5, 5.41) is 9.81. The summed E-state index contributed by atoms with van der Waals surface area (Å²) in [6.07, 6.45) is 0. The molecule has 0 aromatic heterocycles. The number of hydrogen-bond acceptors (Lipinski definition) is 7. The zero-order valence-corrected chi connectivity index (χ0v) is 20.1. The SMILES string of the molecule is CCOc1cccc(C(=O)Oc2ccc3c(c2)OC(N)=C(C#N)C3c2cc(Br)ccc2OC)c1. The van der Waals surface area contributed by atoms with E-state index in [4.69, 9.17) is 24.7 Å². The van der Waals surface area contributed by atoms with Gasteiger partial charge in [-0.05, 0) is 49.4 Å². The number of nitrogens with two attached hydrogens (primary N) is 1. The van der Waals surface area contributed by atoms with Gasteiger partial charge in [0, 0.05) is 21.7 Å². The lowest BCUT2D eigenvalue weighted by atomic mass is 9.83. The summed E-state index contributed by atoms with van der Waals surface area (Å²) in [5.41, 5.74) is 8.17. The van der Waals surface area contributed by atoms with Crippen molar-refractivity contribution in [3.8, 4) is 29.1 Å². The average Bonchev–Trinajstić information content (AvgIpc) is 2.83. The van der Waals surface area contributed by atoms with Crippen LogP contribution in [0, 0.1) is 11.3 Å². The zero-order valence-electron chi connectivity index (χ0n) is 18.5. The molecule has 172 valence electrons. The predicted molar refractivity (Wildman–Crippen MR) is 129 cm³/mol. The summed E-state index contributed by atoms with van der Waals surface area (Å²) in [6, 6.07) is 19.5. The van der Waals surface area contributed by atoms with Gasteiger partial charge in [0.15, 0.2) is 0 Å². The Hall–Kier alpha value is -3.96. The predicted octanol–water partition coefficient (Wildman–Crippen LogP) is 5.29. The van der Waals surface area contributed by atoms with Gasteiger partial charge in [0.2, 0.25) is 5.88 Å². The first-order valence-electron chi connectivity index (χ1n) is 10.4. The van der Waals surface area contributed by atoms with Crippen molar-refractivity contribution < 1.29 is 23.7 Å². The minimum atomic E-state index is -0.538. The minimum absolute atomic E-state index is 0.0186. The van der Waals surface area contributed by atoms with Gasteiger partial charge in [-0.1, -0.05) is 28.1 Å². The average molecular weight is 521 g/mol. The fraction of sp³-hybridized carbons (Fsp3) is 0.154. The first-order chi connectivity index (χ1) is 16.4. The maximum absolute atomic E-state index is 12.7. The molecule has 1 unspecified atom stereocenters. The number of ether oxygens (including phenoxy) is 4. The molecule has 0 spiro atoms. The van der Waals surface area contributed by atoms with E-state index in [2.05, 4.69) is 22.0 Å². The van der Waals surface area contributed by atoms with Gasteiger partial charge in [-0.15, -0.1) is 0 Å². The molecule has 1 heterocycles. The Kier molecular flexibility index (Phi) is 6.75. The van der Waals surface area contributed by atoms with Crippen LogP contribution in [0.15, 0.2) is 76.6 Å². The van der Waals surface area contributed by atoms with Crippen molar-refractivity contribution >= 4 is 21.9 Å². The van der Waals surface area contributed by atoms with Crippen molar-refractivity contribution in [3.63, 3.8) is 0 Å². The Morgan fingerprint density at radius 3 is 2.68 bits per heavy atom. The van der Waals surface area contributed by atoms with Gasteiger partial charge in [-0.2, -0.15) is 5.26 Å². The number of hydrogen-bond donors (Lipinski definition) is 1. The van der Waals surface area contributed by atoms with E-state index in [0.717, 1.165) is 10.0 Å². The van der Waals surface area contributed by atoms with E-state index in [9.17, 15) is 10.1 Å². The van der Waals surface area contributed by atoms with Crippen molar-refractivity contribution in [2.45, 2.75) is 12.8 Å². The smallest absolute Gasteiger partial charge is 0.343 e. The molecular weight excluding hydrogens is 500 g/mol. The van der Waals surface area contributed by atoms with Crippen LogP contribution in [0.3, 0.4) is 0 Å². The molecule has 3 aromatic carbocycles. The molecule has 0 amide bonds. The number of benzene rings is 3. The number of nitrogens with zero attached hydrogens (tertiary/aromatic N) is 1. The van der Waals surface area contributed by atoms with Gasteiger partial charge in [0.1, 0.15) is 34.6 Å². The topological polar surface area (TPSA) is 104 Å². The molecule has 3 aromatic rings. The summed E-state index contributed by atoms with van der Waals surface area (Å²) in [5.74, 6) is 0.771. The van der Waals surface area contributed by atoms with Gasteiger partial charge < -0.3 is 24.7 Å². The van der Waals surface area contributed by atoms with Crippen LogP contribution in [0.5, 0.6) is 23.0 Å². The third-order valence-electron chi connectivity index (χ3n) is 5.28. The van der Waals surface area contributed by atoms with Gasteiger partial charge in [0.05, 0.1) is 25.2 Å². The summed E-state index contributed by atoms with van der Waals surface area (Å²) in [4.78, 5) is 12.7. The van der Waals surface area contributed by atoms with Gasteiger partial charge in [0.25, 0.3) is 0 Å². The Morgan fingerprint density at radius 2 is 1.94 bits per heavy atom. The summed E-state index contributed by atoms with van der Waals surface area (Å²) < 4.78 is 23.1. The van der Waals surface area contributed by atoms with E-state index in [1.165, 1.54) is 0 Å². The number of carbonyl (C=O) groups is 1. The fourth-order valence-electron chi connectivity index (χ4n) is 3.80. The van der Waals surface area contributed by atoms with Crippen LogP contribution in [0.2, 0.25) is 0 Å². The molecule has 1 aliphatic rings. The number of rotatable bonds is 6. The normalized spacial score (nSPS) is 14.5. The molecule has 4 rings (SSSR count). The second-order valence-electron chi connectivity index (χ2n) is 7.36. The van der Waals surface area contributed by atoms with E-state index >= 15 is 0 Å². The van der Waals surface area contributed by atoms with Crippen molar-refractivity contribution in [2.75, 3.05) is 13.7 Å². The van der Waals surface area contributed by atoms with Crippen LogP contribution in [-0.2, 0) is 0 Å². The second kappa shape index (κ2) is 9.89. The standard InChI is InChI=1S/C26H21BrN2O5/c1-3-32-17-6-4-5-15(11-17)26(30)33-18-8-9-19-23(13-18)34-25(29)21(14-28)24(19)20-12-16(27)7-10-22(20)31-2/h4-13,24H,3,29H2,1-2H3. The summed E-state index contributed by atoms with van der Waals surface area (Å²) >= 11 is 3.48. The lowest BCUT2D eigenvalue weighted by Crippen LogP contribution is -2.21. The summed E-state index contributed by atoms with van der Waals surface area (Å²) in [6.45, 7) is 2.36. The third-order valence-corrected chi connectivity index (χ3v) is 5.78. The number of esters is 1. The van der Waals surface area contributed by atoms with Gasteiger partial charge in [-0.25, -0.2) is 4.79 Å². The number of allylic oxidation sites excluding steroid dienone is 1. The highest BCUT2D eigenvalue weighted by atomic mass is 79.9. The van der Waals surface area contributed by atoms with Crippen LogP contribution >= 0.6 is 15.9 Å². The first-order valence-corrected chi connectivity index (χ1v) is 11.2. The second-order valence-corrected chi connectivity index (χ2v) is 8.28. The van der Waals surface area contributed by atoms with E-state index < -0.39 is 11.9 Å². The van der Waals surface area contributed by atoms with Crippen LogP contribution in [-0.4, -0.2) is 19.7 Å². The number of nitriles is 1. The van der Waals surface area contributed by atoms with E-state index in [-0.39, 0.29) is 17.2 Å². The Morgan fingerprint density at radius 1 is 1.12 bits per heavy atom. The Labute approximate surface area is 205 Å². The van der Waals surface area contributed by atoms with Crippen molar-refractivity contribution in [2.24, 2.45) is 5.73 Å². The van der Waals surface area contributed by atoms with E-state index in [1.807, 2.05) is 25.1 Å². The highest BCUT2D eigenvalue weighted by Gasteiger charge is 2.33. The largest absolute Gasteiger partial charge is 0.496 e. The lowest BCUT2D eigenvalue weighted by molar-refractivity contribution is 0.0734. The summed E-state index contributed by atoms with van der Waals surface area (Å²) in [7, 11) is 1.56. The number of halogens is 1. The van der Waals surface area contributed by atoms with E-state index in [0.29, 0.717) is 35.0 Å². The Bertz CT molecular complexity index is 1330. The monoisotopic (exact) mass is 520 g/mol. The third kappa shape index (κ3) is 4.56. The molecule has 0 radical (unpaired) electrons. The maximum atomic E-state index is 12.7. The van der Waals surface area contributed by atoms with Gasteiger partial charge in [-0.3, -0.25) is 0 Å². The molecule has 8 heteroatoms. The number of carbonyl (C=O) groups excluding carboxylic acids is 1. The van der Waals surface area contributed by atoms with Crippen molar-refractivity contribution in [1.82, 2.24) is 0 Å². The molecule has 2 N–H and O–H groups in total. The van der Waals surface area contributed by atoms with Crippen molar-refractivity contribution in [1.29, 1.82) is 5.26 Å². The minimum Gasteiger partial charge on any atom is -0.496 e. The molecule has 7 nitrogen and oxygen atoms in total. The number of fused-ring (bicyclic) bond motifs is 1. The molecule has 0 saturated carbocycles. The van der Waals surface area contributed by atoms with Crippen LogP contribution < -0.4 is 24.7 Å². The molecule has 0 aliphatic carbocycles. The quantitative estimate of drug-likeness (QED) is 0.347. The molecule has 1 aliphatic heterocycles. The molecule has 1 atom stereocenters. The van der Waals surface area contributed by atoms with Crippen molar-refractivity contribution in [3.05, 3.63) is 93.3 Å². The van der Waals surface area contributed by atoms with Crippen LogP contribution in [0.4, 0.5) is 0 Å². The molecular formula is C26H21BrN2O5. The molecule has 34 heavy (non-hydrogen) atoms. The molecule has 0 bridgehead atoms. The van der Waals surface area contributed by atoms with Crippen LogP contribution in [0.1, 0.15) is 34.3 Å². The zero-order chi connectivity index (χ0) is 24.2.